The maximum absolute atomic E-state index is 12.6. The van der Waals surface area contributed by atoms with Gasteiger partial charge in [0.05, 0.1) is 11.6 Å². The van der Waals surface area contributed by atoms with Crippen molar-refractivity contribution in [2.75, 3.05) is 31.5 Å². The highest BCUT2D eigenvalue weighted by Crippen LogP contribution is 2.27. The van der Waals surface area contributed by atoms with Crippen LogP contribution < -0.4 is 10.6 Å². The summed E-state index contributed by atoms with van der Waals surface area (Å²) in [6.45, 7) is 6.94. The fourth-order valence-corrected chi connectivity index (χ4v) is 3.98. The molecule has 0 radical (unpaired) electrons. The fraction of sp³-hybridized carbons (Fsp3) is 0.533. The first-order valence-corrected chi connectivity index (χ1v) is 9.48. The summed E-state index contributed by atoms with van der Waals surface area (Å²) in [5.41, 5.74) is 0.534. The van der Waals surface area contributed by atoms with Crippen LogP contribution in [0.15, 0.2) is 23.1 Å². The number of benzene rings is 1. The van der Waals surface area contributed by atoms with Gasteiger partial charge in [0, 0.05) is 25.3 Å². The van der Waals surface area contributed by atoms with E-state index in [1.807, 2.05) is 6.92 Å². The van der Waals surface area contributed by atoms with E-state index in [0.29, 0.717) is 25.3 Å². The van der Waals surface area contributed by atoms with Crippen LogP contribution in [0.2, 0.25) is 5.02 Å². The van der Waals surface area contributed by atoms with Gasteiger partial charge in [-0.05, 0) is 24.6 Å². The Labute approximate surface area is 143 Å². The lowest BCUT2D eigenvalue weighted by Gasteiger charge is -2.19. The van der Waals surface area contributed by atoms with Gasteiger partial charge in [-0.15, -0.1) is 0 Å². The zero-order valence-electron chi connectivity index (χ0n) is 13.7. The van der Waals surface area contributed by atoms with E-state index in [4.69, 9.17) is 11.6 Å². The third-order valence-corrected chi connectivity index (χ3v) is 5.81. The van der Waals surface area contributed by atoms with Gasteiger partial charge in [-0.25, -0.2) is 8.42 Å². The van der Waals surface area contributed by atoms with Crippen LogP contribution in [0.1, 0.15) is 27.2 Å². The molecule has 1 rings (SSSR count). The Morgan fingerprint density at radius 2 is 1.87 bits per heavy atom. The minimum Gasteiger partial charge on any atom is -0.376 e. The smallest absolute Gasteiger partial charge is 0.244 e. The van der Waals surface area contributed by atoms with Crippen molar-refractivity contribution in [1.82, 2.24) is 9.62 Å². The lowest BCUT2D eigenvalue weighted by Crippen LogP contribution is -2.31. The van der Waals surface area contributed by atoms with E-state index in [9.17, 15) is 13.2 Å². The van der Waals surface area contributed by atoms with Crippen molar-refractivity contribution in [3.63, 3.8) is 0 Å². The van der Waals surface area contributed by atoms with Gasteiger partial charge in [-0.1, -0.05) is 32.4 Å². The molecule has 0 saturated carbocycles. The largest absolute Gasteiger partial charge is 0.376 e. The highest BCUT2D eigenvalue weighted by atomic mass is 35.5. The second-order valence-electron chi connectivity index (χ2n) is 4.94. The van der Waals surface area contributed by atoms with Crippen molar-refractivity contribution >= 4 is 33.2 Å². The molecular weight excluding hydrogens is 338 g/mol. The van der Waals surface area contributed by atoms with Gasteiger partial charge in [0.1, 0.15) is 4.90 Å². The number of carbonyl (C=O) groups is 1. The standard InChI is InChI=1S/C15H24ClN3O3S/c1-4-9-17-15(20)11-18-12-7-8-13(16)14(10-12)23(21,22)19(5-2)6-3/h7-8,10,18H,4-6,9,11H2,1-3H3,(H,17,20). The van der Waals surface area contributed by atoms with Gasteiger partial charge < -0.3 is 10.6 Å². The summed E-state index contributed by atoms with van der Waals surface area (Å²) in [6, 6.07) is 4.63. The molecule has 1 aromatic carbocycles. The molecule has 8 heteroatoms. The molecule has 1 aromatic rings. The van der Waals surface area contributed by atoms with Crippen LogP contribution >= 0.6 is 11.6 Å². The number of nitrogens with zero attached hydrogens (tertiary/aromatic N) is 1. The molecule has 0 aliphatic rings. The molecule has 2 N–H and O–H groups in total. The Hall–Kier alpha value is -1.31. The zero-order chi connectivity index (χ0) is 17.5. The van der Waals surface area contributed by atoms with Crippen LogP contribution in [0.5, 0.6) is 0 Å². The molecule has 0 atom stereocenters. The van der Waals surface area contributed by atoms with Gasteiger partial charge in [0.15, 0.2) is 0 Å². The fourth-order valence-electron chi connectivity index (χ4n) is 2.02. The van der Waals surface area contributed by atoms with E-state index in [1.165, 1.54) is 16.4 Å². The van der Waals surface area contributed by atoms with E-state index in [0.717, 1.165) is 6.42 Å². The summed E-state index contributed by atoms with van der Waals surface area (Å²) in [5, 5.41) is 5.82. The molecule has 130 valence electrons. The Bertz CT molecular complexity index is 631. The molecule has 0 aromatic heterocycles. The average molecular weight is 362 g/mol. The van der Waals surface area contributed by atoms with Crippen molar-refractivity contribution < 1.29 is 13.2 Å². The first kappa shape index (κ1) is 19.7. The van der Waals surface area contributed by atoms with Gasteiger partial charge in [-0.3, -0.25) is 4.79 Å². The third-order valence-electron chi connectivity index (χ3n) is 3.28. The van der Waals surface area contributed by atoms with E-state index in [-0.39, 0.29) is 22.4 Å². The molecule has 0 fully saturated rings. The number of hydrogen-bond acceptors (Lipinski definition) is 4. The molecule has 0 aliphatic carbocycles. The highest BCUT2D eigenvalue weighted by Gasteiger charge is 2.24. The number of rotatable bonds is 9. The molecule has 6 nitrogen and oxygen atoms in total. The van der Waals surface area contributed by atoms with E-state index in [2.05, 4.69) is 10.6 Å². The zero-order valence-corrected chi connectivity index (χ0v) is 15.3. The van der Waals surface area contributed by atoms with Crippen LogP contribution in [0, 0.1) is 0 Å². The van der Waals surface area contributed by atoms with E-state index < -0.39 is 10.0 Å². The van der Waals surface area contributed by atoms with Crippen LogP contribution in [-0.2, 0) is 14.8 Å². The minimum absolute atomic E-state index is 0.0434. The Kier molecular flexibility index (Phi) is 7.81. The van der Waals surface area contributed by atoms with Crippen molar-refractivity contribution in [2.24, 2.45) is 0 Å². The number of sulfonamides is 1. The summed E-state index contributed by atoms with van der Waals surface area (Å²) in [5.74, 6) is -0.144. The maximum Gasteiger partial charge on any atom is 0.244 e. The number of hydrogen-bond donors (Lipinski definition) is 2. The first-order valence-electron chi connectivity index (χ1n) is 7.67. The number of amides is 1. The van der Waals surface area contributed by atoms with Crippen molar-refractivity contribution in [2.45, 2.75) is 32.1 Å². The van der Waals surface area contributed by atoms with Gasteiger partial charge in [-0.2, -0.15) is 4.31 Å². The minimum atomic E-state index is -3.65. The van der Waals surface area contributed by atoms with Gasteiger partial charge in [0.25, 0.3) is 0 Å². The van der Waals surface area contributed by atoms with Crippen LogP contribution in [0.4, 0.5) is 5.69 Å². The molecule has 0 aliphatic heterocycles. The summed E-state index contributed by atoms with van der Waals surface area (Å²) >= 11 is 6.06. The normalized spacial score (nSPS) is 11.5. The quantitative estimate of drug-likeness (QED) is 0.707. The van der Waals surface area contributed by atoms with Crippen LogP contribution in [-0.4, -0.2) is 44.8 Å². The van der Waals surface area contributed by atoms with Crippen molar-refractivity contribution in [1.29, 1.82) is 0 Å². The lowest BCUT2D eigenvalue weighted by atomic mass is 10.3. The summed E-state index contributed by atoms with van der Waals surface area (Å²) in [6.07, 6.45) is 0.860. The van der Waals surface area contributed by atoms with Crippen LogP contribution in [0.25, 0.3) is 0 Å². The molecule has 0 saturated heterocycles. The number of carbonyl (C=O) groups excluding carboxylic acids is 1. The van der Waals surface area contributed by atoms with Crippen molar-refractivity contribution in [3.8, 4) is 0 Å². The second kappa shape index (κ2) is 9.10. The summed E-state index contributed by atoms with van der Waals surface area (Å²) < 4.78 is 26.5. The Balaban J connectivity index is 2.94. The number of nitrogens with one attached hydrogen (secondary N) is 2. The molecule has 0 bridgehead atoms. The summed E-state index contributed by atoms with van der Waals surface area (Å²) in [4.78, 5) is 11.6. The van der Waals surface area contributed by atoms with Gasteiger partial charge in [0.2, 0.25) is 15.9 Å². The third kappa shape index (κ3) is 5.37. The first-order chi connectivity index (χ1) is 10.9. The molecule has 23 heavy (non-hydrogen) atoms. The average Bonchev–Trinajstić information content (AvgIpc) is 2.52. The van der Waals surface area contributed by atoms with E-state index in [1.54, 1.807) is 19.9 Å². The Morgan fingerprint density at radius 3 is 2.43 bits per heavy atom. The van der Waals surface area contributed by atoms with Crippen molar-refractivity contribution in [3.05, 3.63) is 23.2 Å². The van der Waals surface area contributed by atoms with Gasteiger partial charge >= 0.3 is 0 Å². The predicted molar refractivity (Wildman–Crippen MR) is 93.3 cm³/mol. The van der Waals surface area contributed by atoms with E-state index >= 15 is 0 Å². The number of anilines is 1. The maximum atomic E-state index is 12.6. The topological polar surface area (TPSA) is 78.5 Å². The molecule has 1 amide bonds. The monoisotopic (exact) mass is 361 g/mol. The second-order valence-corrected chi connectivity index (χ2v) is 7.25. The summed E-state index contributed by atoms with van der Waals surface area (Å²) in [7, 11) is -3.65. The molecular formula is C15H24ClN3O3S. The van der Waals surface area contributed by atoms with Crippen LogP contribution in [0.3, 0.4) is 0 Å². The molecule has 0 spiro atoms. The number of halogens is 1. The Morgan fingerprint density at radius 1 is 1.22 bits per heavy atom. The molecule has 0 heterocycles. The lowest BCUT2D eigenvalue weighted by molar-refractivity contribution is -0.119. The molecule has 0 unspecified atom stereocenters. The SMILES string of the molecule is CCCNC(=O)CNc1ccc(Cl)c(S(=O)(=O)N(CC)CC)c1. The highest BCUT2D eigenvalue weighted by molar-refractivity contribution is 7.89. The predicted octanol–water partition coefficient (Wildman–Crippen LogP) is 2.31.